The molecule has 0 aromatic carbocycles. The lowest BCUT2D eigenvalue weighted by atomic mass is 10.1. The Kier molecular flexibility index (Phi) is 3.50. The van der Waals surface area contributed by atoms with Crippen LogP contribution in [0.1, 0.15) is 16.5 Å². The van der Waals surface area contributed by atoms with Crippen LogP contribution in [0.15, 0.2) is 16.6 Å². The number of alkyl halides is 3. The monoisotopic (exact) mass is 294 g/mol. The number of carbonyl (C=O) groups excluding carboxylic acids is 1. The second-order valence-electron chi connectivity index (χ2n) is 3.76. The van der Waals surface area contributed by atoms with E-state index >= 15 is 0 Å². The van der Waals surface area contributed by atoms with Crippen LogP contribution in [0, 0.1) is 0 Å². The van der Waals surface area contributed by atoms with Gasteiger partial charge in [-0.25, -0.2) is 0 Å². The van der Waals surface area contributed by atoms with Crippen LogP contribution in [-0.4, -0.2) is 36.1 Å². The molecule has 2 rings (SSSR count). The predicted molar refractivity (Wildman–Crippen MR) is 60.8 cm³/mol. The normalized spacial score (nSPS) is 24.4. The molecule has 1 heterocycles. The molecule has 0 bridgehead atoms. The summed E-state index contributed by atoms with van der Waals surface area (Å²) in [5.41, 5.74) is 0.505. The summed E-state index contributed by atoms with van der Waals surface area (Å²) in [6, 6.07) is 0.354. The largest absolute Gasteiger partial charge is 0.471 e. The zero-order chi connectivity index (χ0) is 14.2. The number of rotatable bonds is 2. The Bertz CT molecular complexity index is 526. The molecule has 0 spiro atoms. The third-order valence-electron chi connectivity index (χ3n) is 2.59. The predicted octanol–water partition coefficient (Wildman–Crippen LogP) is 1.19. The second-order valence-corrected chi connectivity index (χ2v) is 4.67. The zero-order valence-corrected chi connectivity index (χ0v) is 10.4. The van der Waals surface area contributed by atoms with E-state index in [-0.39, 0.29) is 5.71 Å². The number of thiophene rings is 1. The lowest BCUT2D eigenvalue weighted by molar-refractivity contribution is -0.174. The molecule has 104 valence electrons. The number of fused-ring (bicyclic) bond motifs is 1. The molecule has 1 amide bonds. The van der Waals surface area contributed by atoms with Gasteiger partial charge in [0, 0.05) is 0 Å². The second kappa shape index (κ2) is 4.82. The van der Waals surface area contributed by atoms with E-state index < -0.39 is 24.2 Å². The standard InChI is InChI=1S/C10H9F3N2O3S/c1-18-15-6-7(16)5(4-2-3-19-8(4)6)14-9(17)10(11,12)13/h2-3,5,7,16H,1H3,(H,14,17)/t5-,7-/m0/s1. The lowest BCUT2D eigenvalue weighted by Gasteiger charge is -2.18. The quantitative estimate of drug-likeness (QED) is 0.805. The van der Waals surface area contributed by atoms with Gasteiger partial charge in [-0.1, -0.05) is 5.16 Å². The molecule has 2 atom stereocenters. The number of nitrogens with one attached hydrogen (secondary N) is 1. The average Bonchev–Trinajstić information content (AvgIpc) is 2.86. The summed E-state index contributed by atoms with van der Waals surface area (Å²) in [6.45, 7) is 0. The Hall–Kier alpha value is -1.61. The smallest absolute Gasteiger partial charge is 0.399 e. The first-order valence-corrected chi connectivity index (χ1v) is 5.98. The molecule has 0 radical (unpaired) electrons. The van der Waals surface area contributed by atoms with E-state index in [4.69, 9.17) is 0 Å². The van der Waals surface area contributed by atoms with E-state index in [2.05, 4.69) is 9.99 Å². The number of carbonyl (C=O) groups is 1. The van der Waals surface area contributed by atoms with Crippen LogP contribution in [0.2, 0.25) is 0 Å². The number of aliphatic hydroxyl groups excluding tert-OH is 1. The summed E-state index contributed by atoms with van der Waals surface area (Å²) < 4.78 is 36.7. The molecular formula is C10H9F3N2O3S. The van der Waals surface area contributed by atoms with E-state index in [9.17, 15) is 23.1 Å². The van der Waals surface area contributed by atoms with Crippen molar-refractivity contribution in [2.45, 2.75) is 18.3 Å². The molecule has 0 unspecified atom stereocenters. The molecule has 5 nitrogen and oxygen atoms in total. The third-order valence-corrected chi connectivity index (χ3v) is 3.55. The third kappa shape index (κ3) is 2.43. The van der Waals surface area contributed by atoms with Crippen molar-refractivity contribution in [3.63, 3.8) is 0 Å². The van der Waals surface area contributed by atoms with Crippen LogP contribution in [0.25, 0.3) is 0 Å². The molecule has 0 aliphatic heterocycles. The summed E-state index contributed by atoms with van der Waals surface area (Å²) in [5.74, 6) is -2.10. The van der Waals surface area contributed by atoms with E-state index in [1.54, 1.807) is 10.7 Å². The van der Waals surface area contributed by atoms with Gasteiger partial charge in [-0.05, 0) is 17.0 Å². The number of amides is 1. The summed E-state index contributed by atoms with van der Waals surface area (Å²) in [4.78, 5) is 16.0. The van der Waals surface area contributed by atoms with Gasteiger partial charge in [-0.15, -0.1) is 11.3 Å². The van der Waals surface area contributed by atoms with Gasteiger partial charge in [-0.2, -0.15) is 13.2 Å². The number of hydrogen-bond donors (Lipinski definition) is 2. The number of nitrogens with zero attached hydrogens (tertiary/aromatic N) is 1. The Labute approximate surface area is 109 Å². The fourth-order valence-corrected chi connectivity index (χ4v) is 2.77. The van der Waals surface area contributed by atoms with E-state index in [1.165, 1.54) is 24.5 Å². The molecule has 1 aliphatic carbocycles. The summed E-state index contributed by atoms with van der Waals surface area (Å²) in [7, 11) is 1.26. The summed E-state index contributed by atoms with van der Waals surface area (Å²) in [5, 5.41) is 16.9. The van der Waals surface area contributed by atoms with Crippen LogP contribution in [0.5, 0.6) is 0 Å². The first-order chi connectivity index (χ1) is 8.86. The van der Waals surface area contributed by atoms with Gasteiger partial charge < -0.3 is 15.3 Å². The highest BCUT2D eigenvalue weighted by Gasteiger charge is 2.45. The van der Waals surface area contributed by atoms with Gasteiger partial charge in [0.05, 0.1) is 10.9 Å². The van der Waals surface area contributed by atoms with Crippen molar-refractivity contribution in [3.8, 4) is 0 Å². The van der Waals surface area contributed by atoms with Crippen LogP contribution in [-0.2, 0) is 9.63 Å². The van der Waals surface area contributed by atoms with Crippen LogP contribution < -0.4 is 5.32 Å². The molecule has 0 saturated heterocycles. The number of aliphatic hydroxyl groups is 1. The maximum absolute atomic E-state index is 12.2. The lowest BCUT2D eigenvalue weighted by Crippen LogP contribution is -2.42. The minimum atomic E-state index is -5.00. The molecule has 1 aromatic heterocycles. The zero-order valence-electron chi connectivity index (χ0n) is 9.56. The van der Waals surface area contributed by atoms with Crippen molar-refractivity contribution in [2.75, 3.05) is 7.11 Å². The van der Waals surface area contributed by atoms with Gasteiger partial charge in [0.25, 0.3) is 0 Å². The Morgan fingerprint density at radius 1 is 1.58 bits per heavy atom. The fourth-order valence-electron chi connectivity index (χ4n) is 1.81. The van der Waals surface area contributed by atoms with Gasteiger partial charge in [-0.3, -0.25) is 4.79 Å². The van der Waals surface area contributed by atoms with Crippen molar-refractivity contribution in [3.05, 3.63) is 21.9 Å². The topological polar surface area (TPSA) is 70.9 Å². The van der Waals surface area contributed by atoms with Crippen molar-refractivity contribution in [1.82, 2.24) is 5.32 Å². The average molecular weight is 294 g/mol. The molecule has 2 N–H and O–H groups in total. The Morgan fingerprint density at radius 3 is 2.84 bits per heavy atom. The van der Waals surface area contributed by atoms with Gasteiger partial charge in [0.15, 0.2) is 0 Å². The van der Waals surface area contributed by atoms with Crippen molar-refractivity contribution in [1.29, 1.82) is 0 Å². The van der Waals surface area contributed by atoms with E-state index in [0.717, 1.165) is 0 Å². The number of hydrogen-bond acceptors (Lipinski definition) is 5. The van der Waals surface area contributed by atoms with Gasteiger partial charge >= 0.3 is 12.1 Å². The molecule has 1 aliphatic rings. The van der Waals surface area contributed by atoms with Crippen molar-refractivity contribution in [2.24, 2.45) is 5.16 Å². The molecule has 19 heavy (non-hydrogen) atoms. The SMILES string of the molecule is CON=C1c2sccc2[C@H](NC(=O)C(F)(F)F)[C@@H]1O. The molecule has 1 aromatic rings. The first kappa shape index (κ1) is 13.8. The first-order valence-electron chi connectivity index (χ1n) is 5.10. The fraction of sp³-hybridized carbons (Fsp3) is 0.400. The highest BCUT2D eigenvalue weighted by atomic mass is 32.1. The van der Waals surface area contributed by atoms with Crippen LogP contribution in [0.4, 0.5) is 13.2 Å². The van der Waals surface area contributed by atoms with Crippen LogP contribution >= 0.6 is 11.3 Å². The minimum Gasteiger partial charge on any atom is -0.399 e. The highest BCUT2D eigenvalue weighted by molar-refractivity contribution is 7.12. The molecular weight excluding hydrogens is 285 g/mol. The number of halogens is 3. The summed E-state index contributed by atoms with van der Waals surface area (Å²) >= 11 is 1.20. The van der Waals surface area contributed by atoms with E-state index in [0.29, 0.717) is 10.4 Å². The van der Waals surface area contributed by atoms with Gasteiger partial charge in [0.1, 0.15) is 18.9 Å². The number of oxime groups is 1. The maximum atomic E-state index is 12.2. The Morgan fingerprint density at radius 2 is 2.26 bits per heavy atom. The van der Waals surface area contributed by atoms with Crippen LogP contribution in [0.3, 0.4) is 0 Å². The molecule has 0 saturated carbocycles. The van der Waals surface area contributed by atoms with Crippen molar-refractivity contribution < 1.29 is 27.9 Å². The maximum Gasteiger partial charge on any atom is 0.471 e. The Balaban J connectivity index is 2.29. The highest BCUT2D eigenvalue weighted by Crippen LogP contribution is 2.36. The molecule has 0 fully saturated rings. The molecule has 9 heteroatoms. The minimum absolute atomic E-state index is 0.111. The van der Waals surface area contributed by atoms with Gasteiger partial charge in [0.2, 0.25) is 0 Å². The van der Waals surface area contributed by atoms with E-state index in [1.807, 2.05) is 0 Å². The van der Waals surface area contributed by atoms with Crippen molar-refractivity contribution >= 4 is 23.0 Å². The summed E-state index contributed by atoms with van der Waals surface area (Å²) in [6.07, 6.45) is -6.37.